The molecule has 0 radical (unpaired) electrons. The molecule has 0 fully saturated rings. The van der Waals surface area contributed by atoms with Crippen LogP contribution in [0.3, 0.4) is 0 Å². The third-order valence-corrected chi connectivity index (χ3v) is 2.34. The summed E-state index contributed by atoms with van der Waals surface area (Å²) in [5.41, 5.74) is 0. The molecule has 14 heavy (non-hydrogen) atoms. The van der Waals surface area contributed by atoms with Crippen LogP contribution in [0.4, 0.5) is 0 Å². The minimum absolute atomic E-state index is 0.414. The maximum atomic E-state index is 10.5. The second-order valence-corrected chi connectivity index (χ2v) is 7.92. The molecular weight excluding hydrogens is 216 g/mol. The minimum Gasteiger partial charge on any atom is -0.485 e. The van der Waals surface area contributed by atoms with Crippen LogP contribution in [-0.2, 0) is 18.4 Å². The van der Waals surface area contributed by atoms with Gasteiger partial charge in [0.25, 0.3) is 11.9 Å². The zero-order chi connectivity index (χ0) is 11.8. The van der Waals surface area contributed by atoms with Crippen molar-refractivity contribution in [3.8, 4) is 0 Å². The standard InChI is InChI=1S/C6H12O4Si.C2H8Si/c1-5(7)9-11(3,4)10-6(2)8;1-3-2/h1-4H3;3H2,1-2H3. The first kappa shape index (κ1) is 15.8. The summed E-state index contributed by atoms with van der Waals surface area (Å²) in [6, 6.07) is 0. The fourth-order valence-corrected chi connectivity index (χ4v) is 2.14. The average Bonchev–Trinajstić information content (AvgIpc) is 1.80. The molecular formula is C8H20O4Si2. The molecule has 4 nitrogen and oxygen atoms in total. The van der Waals surface area contributed by atoms with E-state index in [1.807, 2.05) is 0 Å². The summed E-state index contributed by atoms with van der Waals surface area (Å²) < 4.78 is 9.61. The van der Waals surface area contributed by atoms with Crippen LogP contribution in [0.25, 0.3) is 0 Å². The van der Waals surface area contributed by atoms with E-state index in [-0.39, 0.29) is 0 Å². The van der Waals surface area contributed by atoms with Gasteiger partial charge in [0, 0.05) is 36.5 Å². The van der Waals surface area contributed by atoms with Crippen LogP contribution in [0, 0.1) is 0 Å². The molecule has 0 aliphatic heterocycles. The molecule has 84 valence electrons. The number of carbonyl (C=O) groups excluding carboxylic acids is 2. The topological polar surface area (TPSA) is 52.6 Å². The molecule has 0 heterocycles. The summed E-state index contributed by atoms with van der Waals surface area (Å²) in [4.78, 5) is 20.9. The zero-order valence-electron chi connectivity index (χ0n) is 9.84. The molecule has 0 spiro atoms. The molecule has 0 rings (SSSR count). The highest BCUT2D eigenvalue weighted by molar-refractivity contribution is 6.67. The van der Waals surface area contributed by atoms with Crippen LogP contribution in [0.5, 0.6) is 0 Å². The molecule has 0 aromatic heterocycles. The lowest BCUT2D eigenvalue weighted by atomic mass is 10.9. The molecule has 0 bridgehead atoms. The Morgan fingerprint density at radius 2 is 1.21 bits per heavy atom. The van der Waals surface area contributed by atoms with Crippen molar-refractivity contribution in [3.63, 3.8) is 0 Å². The fourth-order valence-electron chi connectivity index (χ4n) is 0.713. The highest BCUT2D eigenvalue weighted by Gasteiger charge is 2.30. The quantitative estimate of drug-likeness (QED) is 0.673. The summed E-state index contributed by atoms with van der Waals surface area (Å²) in [6.07, 6.45) is 0. The second kappa shape index (κ2) is 7.75. The van der Waals surface area contributed by atoms with Crippen LogP contribution in [-0.4, -0.2) is 30.0 Å². The Hall–Kier alpha value is -0.626. The Labute approximate surface area is 89.1 Å². The van der Waals surface area contributed by atoms with Gasteiger partial charge in [0.1, 0.15) is 0 Å². The van der Waals surface area contributed by atoms with Crippen LogP contribution < -0.4 is 0 Å². The van der Waals surface area contributed by atoms with Gasteiger partial charge in [-0.15, -0.1) is 0 Å². The van der Waals surface area contributed by atoms with Gasteiger partial charge in [0.15, 0.2) is 0 Å². The largest absolute Gasteiger partial charge is 0.485 e. The summed E-state index contributed by atoms with van der Waals surface area (Å²) in [6.45, 7) is 10.4. The first-order valence-electron chi connectivity index (χ1n) is 4.64. The lowest BCUT2D eigenvalue weighted by Gasteiger charge is -2.19. The summed E-state index contributed by atoms with van der Waals surface area (Å²) in [5, 5.41) is 0. The molecule has 0 aromatic carbocycles. The molecule has 0 unspecified atom stereocenters. The highest BCUT2D eigenvalue weighted by Crippen LogP contribution is 2.06. The Morgan fingerprint density at radius 1 is 1.00 bits per heavy atom. The van der Waals surface area contributed by atoms with Gasteiger partial charge < -0.3 is 8.85 Å². The van der Waals surface area contributed by atoms with Gasteiger partial charge in [0.05, 0.1) is 0 Å². The molecule has 0 N–H and O–H groups in total. The van der Waals surface area contributed by atoms with E-state index in [1.54, 1.807) is 13.1 Å². The molecule has 0 atom stereocenters. The van der Waals surface area contributed by atoms with Gasteiger partial charge in [-0.25, -0.2) is 0 Å². The van der Waals surface area contributed by atoms with Gasteiger partial charge >= 0.3 is 8.56 Å². The van der Waals surface area contributed by atoms with Gasteiger partial charge in [0.2, 0.25) is 0 Å². The van der Waals surface area contributed by atoms with Gasteiger partial charge in [-0.1, -0.05) is 13.1 Å². The van der Waals surface area contributed by atoms with Crippen molar-refractivity contribution < 1.29 is 18.4 Å². The molecule has 0 amide bonds. The summed E-state index contributed by atoms with van der Waals surface area (Å²) in [7, 11) is -2.11. The maximum absolute atomic E-state index is 10.5. The Kier molecular flexibility index (Phi) is 8.76. The van der Waals surface area contributed by atoms with Crippen LogP contribution in [0.1, 0.15) is 13.8 Å². The zero-order valence-corrected chi connectivity index (χ0v) is 12.3. The van der Waals surface area contributed by atoms with Gasteiger partial charge in [-0.05, 0) is 0 Å². The molecule has 0 aliphatic rings. The predicted molar refractivity (Wildman–Crippen MR) is 61.3 cm³/mol. The third-order valence-electron chi connectivity index (χ3n) is 0.779. The van der Waals surface area contributed by atoms with Crippen LogP contribution >= 0.6 is 0 Å². The second-order valence-electron chi connectivity index (χ2n) is 3.29. The van der Waals surface area contributed by atoms with E-state index in [0.717, 1.165) is 0 Å². The van der Waals surface area contributed by atoms with Gasteiger partial charge in [-0.2, -0.15) is 0 Å². The summed E-state index contributed by atoms with van der Waals surface area (Å²) >= 11 is 0. The molecule has 0 saturated heterocycles. The van der Waals surface area contributed by atoms with Crippen molar-refractivity contribution in [2.24, 2.45) is 0 Å². The molecule has 0 saturated carbocycles. The van der Waals surface area contributed by atoms with Gasteiger partial charge in [-0.3, -0.25) is 9.59 Å². The Balaban J connectivity index is 0. The van der Waals surface area contributed by atoms with Crippen molar-refractivity contribution in [2.75, 3.05) is 0 Å². The number of hydrogen-bond donors (Lipinski definition) is 0. The SMILES string of the molecule is CC(=O)O[Si](C)(C)OC(C)=O.C[SiH2]C. The van der Waals surface area contributed by atoms with Crippen LogP contribution in [0.15, 0.2) is 0 Å². The average molecular weight is 236 g/mol. The van der Waals surface area contributed by atoms with E-state index in [1.165, 1.54) is 13.8 Å². The Bertz CT molecular complexity index is 174. The first-order valence-corrected chi connectivity index (χ1v) is 10.3. The van der Waals surface area contributed by atoms with Crippen molar-refractivity contribution in [2.45, 2.75) is 40.0 Å². The lowest BCUT2D eigenvalue weighted by molar-refractivity contribution is -0.138. The monoisotopic (exact) mass is 236 g/mol. The smallest absolute Gasteiger partial charge is 0.457 e. The maximum Gasteiger partial charge on any atom is 0.457 e. The number of carbonyl (C=O) groups is 2. The number of rotatable bonds is 2. The first-order chi connectivity index (χ1) is 6.25. The van der Waals surface area contributed by atoms with Crippen molar-refractivity contribution in [3.05, 3.63) is 0 Å². The summed E-state index contributed by atoms with van der Waals surface area (Å²) in [5.74, 6) is -0.828. The molecule has 0 aromatic rings. The van der Waals surface area contributed by atoms with Crippen molar-refractivity contribution in [1.29, 1.82) is 0 Å². The predicted octanol–water partition coefficient (Wildman–Crippen LogP) is 1.07. The highest BCUT2D eigenvalue weighted by atomic mass is 28.4. The normalized spacial score (nSPS) is 9.57. The van der Waals surface area contributed by atoms with Crippen molar-refractivity contribution >= 4 is 30.0 Å². The molecule has 0 aliphatic carbocycles. The van der Waals surface area contributed by atoms with E-state index in [4.69, 9.17) is 8.85 Å². The van der Waals surface area contributed by atoms with E-state index in [2.05, 4.69) is 13.1 Å². The fraction of sp³-hybridized carbons (Fsp3) is 0.750. The Morgan fingerprint density at radius 3 is 1.36 bits per heavy atom. The lowest BCUT2D eigenvalue weighted by Crippen LogP contribution is -2.38. The molecule has 6 heteroatoms. The van der Waals surface area contributed by atoms with E-state index >= 15 is 0 Å². The van der Waals surface area contributed by atoms with E-state index in [9.17, 15) is 9.59 Å². The van der Waals surface area contributed by atoms with E-state index < -0.39 is 20.5 Å². The van der Waals surface area contributed by atoms with Crippen LogP contribution in [0.2, 0.25) is 26.2 Å². The van der Waals surface area contributed by atoms with E-state index in [0.29, 0.717) is 9.52 Å². The third kappa shape index (κ3) is 13.9. The number of hydrogen-bond acceptors (Lipinski definition) is 4. The van der Waals surface area contributed by atoms with Crippen molar-refractivity contribution in [1.82, 2.24) is 0 Å². The minimum atomic E-state index is -2.53.